The molecule has 2 heterocycles. The fourth-order valence-electron chi connectivity index (χ4n) is 2.91. The molecule has 0 radical (unpaired) electrons. The molecular formula is C16H22N2OS2. The maximum absolute atomic E-state index is 12.3. The lowest BCUT2D eigenvalue weighted by molar-refractivity contribution is -0.117. The van der Waals surface area contributed by atoms with E-state index in [1.54, 1.807) is 0 Å². The third-order valence-electron chi connectivity index (χ3n) is 3.92. The molecule has 0 aliphatic carbocycles. The lowest BCUT2D eigenvalue weighted by Gasteiger charge is -2.21. The fourth-order valence-corrected chi connectivity index (χ4v) is 5.33. The number of hydrogen-bond acceptors (Lipinski definition) is 4. The van der Waals surface area contributed by atoms with Crippen LogP contribution in [-0.2, 0) is 4.79 Å². The summed E-state index contributed by atoms with van der Waals surface area (Å²) in [5.41, 5.74) is 2.24. The van der Waals surface area contributed by atoms with Gasteiger partial charge in [0, 0.05) is 53.7 Å². The van der Waals surface area contributed by atoms with Gasteiger partial charge in [0.2, 0.25) is 5.91 Å². The molecule has 2 aliphatic rings. The van der Waals surface area contributed by atoms with Crippen LogP contribution in [0, 0.1) is 6.92 Å². The highest BCUT2D eigenvalue weighted by Crippen LogP contribution is 2.24. The summed E-state index contributed by atoms with van der Waals surface area (Å²) in [5.74, 6) is 5.08. The molecule has 0 spiro atoms. The Morgan fingerprint density at radius 2 is 1.95 bits per heavy atom. The van der Waals surface area contributed by atoms with Crippen LogP contribution in [-0.4, -0.2) is 47.5 Å². The lowest BCUT2D eigenvalue weighted by Crippen LogP contribution is -2.42. The number of thioether (sulfide) groups is 2. The van der Waals surface area contributed by atoms with E-state index in [0.29, 0.717) is 18.5 Å². The Hall–Kier alpha value is -0.650. The molecule has 2 aliphatic heterocycles. The summed E-state index contributed by atoms with van der Waals surface area (Å²) in [6, 6.07) is 9.05. The van der Waals surface area contributed by atoms with E-state index >= 15 is 0 Å². The van der Waals surface area contributed by atoms with Gasteiger partial charge < -0.3 is 10.2 Å². The number of amides is 1. The molecule has 1 N–H and O–H groups in total. The van der Waals surface area contributed by atoms with Crippen molar-refractivity contribution in [1.29, 1.82) is 0 Å². The van der Waals surface area contributed by atoms with E-state index < -0.39 is 0 Å². The number of hydrogen-bond donors (Lipinski definition) is 1. The lowest BCUT2D eigenvalue weighted by atomic mass is 10.2. The monoisotopic (exact) mass is 322 g/mol. The van der Waals surface area contributed by atoms with Gasteiger partial charge in [0.25, 0.3) is 0 Å². The minimum absolute atomic E-state index is 0.243. The van der Waals surface area contributed by atoms with Crippen LogP contribution in [0.15, 0.2) is 24.3 Å². The summed E-state index contributed by atoms with van der Waals surface area (Å²) in [7, 11) is 0. The Bertz CT molecular complexity index is 501. The first-order valence-electron chi connectivity index (χ1n) is 7.51. The zero-order valence-electron chi connectivity index (χ0n) is 12.4. The largest absolute Gasteiger partial charge is 0.311 e. The molecule has 1 atom stereocenters. The molecule has 5 heteroatoms. The molecule has 114 valence electrons. The Morgan fingerprint density at radius 1 is 1.19 bits per heavy atom. The predicted molar refractivity (Wildman–Crippen MR) is 93.5 cm³/mol. The van der Waals surface area contributed by atoms with Crippen molar-refractivity contribution in [3.63, 3.8) is 0 Å². The van der Waals surface area contributed by atoms with E-state index in [1.165, 1.54) is 28.6 Å². The number of aryl methyl sites for hydroxylation is 1. The molecule has 3 nitrogen and oxygen atoms in total. The smallest absolute Gasteiger partial charge is 0.228 e. The van der Waals surface area contributed by atoms with E-state index in [2.05, 4.69) is 24.4 Å². The van der Waals surface area contributed by atoms with Gasteiger partial charge in [-0.1, -0.05) is 12.1 Å². The molecule has 2 fully saturated rings. The maximum Gasteiger partial charge on any atom is 0.228 e. The zero-order chi connectivity index (χ0) is 14.7. The quantitative estimate of drug-likeness (QED) is 0.927. The van der Waals surface area contributed by atoms with Gasteiger partial charge in [0.05, 0.1) is 0 Å². The van der Waals surface area contributed by atoms with E-state index in [0.717, 1.165) is 12.2 Å². The van der Waals surface area contributed by atoms with Gasteiger partial charge in [-0.3, -0.25) is 4.79 Å². The average Bonchev–Trinajstić information content (AvgIpc) is 2.67. The van der Waals surface area contributed by atoms with Gasteiger partial charge >= 0.3 is 0 Å². The van der Waals surface area contributed by atoms with Gasteiger partial charge in [-0.05, 0) is 24.6 Å². The first-order valence-corrected chi connectivity index (χ1v) is 9.82. The molecule has 1 amide bonds. The fraction of sp³-hybridized carbons (Fsp3) is 0.562. The summed E-state index contributed by atoms with van der Waals surface area (Å²) in [6.45, 7) is 2.87. The van der Waals surface area contributed by atoms with Gasteiger partial charge in [0.1, 0.15) is 0 Å². The van der Waals surface area contributed by atoms with Crippen LogP contribution in [0.5, 0.6) is 0 Å². The van der Waals surface area contributed by atoms with E-state index in [1.807, 2.05) is 40.6 Å². The van der Waals surface area contributed by atoms with Gasteiger partial charge in [-0.15, -0.1) is 0 Å². The molecule has 0 saturated carbocycles. The molecule has 21 heavy (non-hydrogen) atoms. The maximum atomic E-state index is 12.3. The Labute approximate surface area is 135 Å². The van der Waals surface area contributed by atoms with Crippen molar-refractivity contribution in [3.8, 4) is 0 Å². The Kier molecular flexibility index (Phi) is 5.14. The Balaban J connectivity index is 1.61. The summed E-state index contributed by atoms with van der Waals surface area (Å²) in [4.78, 5) is 14.2. The number of anilines is 1. The minimum Gasteiger partial charge on any atom is -0.311 e. The second-order valence-corrected chi connectivity index (χ2v) is 8.06. The van der Waals surface area contributed by atoms with Crippen molar-refractivity contribution in [2.24, 2.45) is 0 Å². The van der Waals surface area contributed by atoms with E-state index in [9.17, 15) is 4.79 Å². The zero-order valence-corrected chi connectivity index (χ0v) is 14.0. The second kappa shape index (κ2) is 7.07. The number of rotatable bonds is 3. The minimum atomic E-state index is 0.243. The van der Waals surface area contributed by atoms with Crippen molar-refractivity contribution in [3.05, 3.63) is 29.8 Å². The molecule has 1 aromatic rings. The summed E-state index contributed by atoms with van der Waals surface area (Å²) in [6.07, 6.45) is 0.625. The van der Waals surface area contributed by atoms with Crippen molar-refractivity contribution in [2.45, 2.75) is 25.4 Å². The van der Waals surface area contributed by atoms with Crippen molar-refractivity contribution >= 4 is 35.1 Å². The third kappa shape index (κ3) is 3.96. The predicted octanol–water partition coefficient (Wildman–Crippen LogP) is 2.54. The van der Waals surface area contributed by atoms with E-state index in [4.69, 9.17) is 0 Å². The van der Waals surface area contributed by atoms with Crippen LogP contribution < -0.4 is 10.2 Å². The standard InChI is InChI=1S/C16H22N2OS2/c1-12-3-2-4-15(7-12)18-9-13(8-16(18)19)17-14-10-20-5-6-21-11-14/h2-4,7,13-14,17H,5-6,8-11H2,1H3/t13-/m0/s1. The summed E-state index contributed by atoms with van der Waals surface area (Å²) >= 11 is 4.05. The second-order valence-electron chi connectivity index (χ2n) is 5.76. The number of nitrogens with zero attached hydrogens (tertiary/aromatic N) is 1. The Morgan fingerprint density at radius 3 is 2.67 bits per heavy atom. The van der Waals surface area contributed by atoms with Crippen molar-refractivity contribution in [2.75, 3.05) is 34.5 Å². The highest BCUT2D eigenvalue weighted by atomic mass is 32.2. The van der Waals surface area contributed by atoms with Crippen LogP contribution in [0.25, 0.3) is 0 Å². The van der Waals surface area contributed by atoms with Gasteiger partial charge in [-0.2, -0.15) is 23.5 Å². The van der Waals surface area contributed by atoms with Crippen LogP contribution in [0.1, 0.15) is 12.0 Å². The van der Waals surface area contributed by atoms with Crippen LogP contribution in [0.3, 0.4) is 0 Å². The molecule has 0 aromatic heterocycles. The number of benzene rings is 1. The summed E-state index contributed by atoms with van der Waals surface area (Å²) < 4.78 is 0. The highest BCUT2D eigenvalue weighted by Gasteiger charge is 2.32. The van der Waals surface area contributed by atoms with Crippen LogP contribution in [0.2, 0.25) is 0 Å². The van der Waals surface area contributed by atoms with Gasteiger partial charge in [-0.25, -0.2) is 0 Å². The van der Waals surface area contributed by atoms with Crippen LogP contribution in [0.4, 0.5) is 5.69 Å². The molecular weight excluding hydrogens is 300 g/mol. The van der Waals surface area contributed by atoms with Crippen LogP contribution >= 0.6 is 23.5 Å². The van der Waals surface area contributed by atoms with Crippen molar-refractivity contribution < 1.29 is 4.79 Å². The first kappa shape index (κ1) is 15.3. The highest BCUT2D eigenvalue weighted by molar-refractivity contribution is 8.03. The topological polar surface area (TPSA) is 32.3 Å². The molecule has 3 rings (SSSR count). The van der Waals surface area contributed by atoms with Gasteiger partial charge in [0.15, 0.2) is 0 Å². The molecule has 0 bridgehead atoms. The van der Waals surface area contributed by atoms with Crippen molar-refractivity contribution in [1.82, 2.24) is 5.32 Å². The number of carbonyl (C=O) groups excluding carboxylic acids is 1. The summed E-state index contributed by atoms with van der Waals surface area (Å²) in [5, 5.41) is 3.70. The normalized spacial score (nSPS) is 24.3. The number of carbonyl (C=O) groups is 1. The molecule has 1 aromatic carbocycles. The SMILES string of the molecule is Cc1cccc(N2C[C@@H](NC3CSCCSC3)CC2=O)c1. The molecule has 2 saturated heterocycles. The third-order valence-corrected chi connectivity index (χ3v) is 6.44. The molecule has 0 unspecified atom stereocenters. The number of nitrogens with one attached hydrogen (secondary N) is 1. The first-order chi connectivity index (χ1) is 10.2. The van der Waals surface area contributed by atoms with E-state index in [-0.39, 0.29) is 5.91 Å². The average molecular weight is 322 g/mol.